The average Bonchev–Trinajstić information content (AvgIpc) is 2.35. The summed E-state index contributed by atoms with van der Waals surface area (Å²) >= 11 is 0. The summed E-state index contributed by atoms with van der Waals surface area (Å²) in [4.78, 5) is 10.9. The molecule has 1 rings (SSSR count). The van der Waals surface area contributed by atoms with Gasteiger partial charge in [-0.3, -0.25) is 4.79 Å². The van der Waals surface area contributed by atoms with Crippen LogP contribution in [-0.4, -0.2) is 25.3 Å². The lowest BCUT2D eigenvalue weighted by atomic mass is 9.97. The molecule has 2 unspecified atom stereocenters. The quantitative estimate of drug-likeness (QED) is 0.840. The Hall–Kier alpha value is -1.82. The molecule has 2 atom stereocenters. The first-order valence-corrected chi connectivity index (χ1v) is 5.30. The van der Waals surface area contributed by atoms with Crippen LogP contribution >= 0.6 is 0 Å². The van der Waals surface area contributed by atoms with Gasteiger partial charge in [0, 0.05) is 0 Å². The van der Waals surface area contributed by atoms with E-state index in [1.54, 1.807) is 0 Å². The van der Waals surface area contributed by atoms with E-state index in [0.29, 0.717) is 11.5 Å². The van der Waals surface area contributed by atoms with Crippen molar-refractivity contribution in [2.45, 2.75) is 19.1 Å². The summed E-state index contributed by atoms with van der Waals surface area (Å²) in [5, 5.41) is 8.91. The highest BCUT2D eigenvalue weighted by Gasteiger charge is 2.23. The van der Waals surface area contributed by atoms with Crippen molar-refractivity contribution in [1.82, 2.24) is 0 Å². The van der Waals surface area contributed by atoms with Crippen LogP contribution in [0, 0.1) is 0 Å². The van der Waals surface area contributed by atoms with Crippen LogP contribution < -0.4 is 15.2 Å². The number of methoxy groups -OCH3 is 2. The molecule has 0 heterocycles. The van der Waals surface area contributed by atoms with Crippen molar-refractivity contribution in [3.05, 3.63) is 23.3 Å². The van der Waals surface area contributed by atoms with E-state index in [1.165, 1.54) is 33.3 Å². The highest BCUT2D eigenvalue weighted by atomic mass is 19.1. The van der Waals surface area contributed by atoms with Gasteiger partial charge >= 0.3 is 5.97 Å². The zero-order valence-corrected chi connectivity index (χ0v) is 10.4. The van der Waals surface area contributed by atoms with Crippen molar-refractivity contribution in [1.29, 1.82) is 0 Å². The summed E-state index contributed by atoms with van der Waals surface area (Å²) < 4.78 is 23.6. The second kappa shape index (κ2) is 5.68. The number of alkyl halides is 1. The van der Waals surface area contributed by atoms with E-state index in [1.807, 2.05) is 0 Å². The van der Waals surface area contributed by atoms with E-state index >= 15 is 0 Å². The van der Waals surface area contributed by atoms with Gasteiger partial charge in [-0.25, -0.2) is 4.39 Å². The standard InChI is InChI=1S/C12H16FNO4/c1-6(13)7-4-9(17-2)10(18-3)5-8(7)11(14)12(15)16/h4-6,11H,14H2,1-3H3,(H,15,16). The summed E-state index contributed by atoms with van der Waals surface area (Å²) in [5.41, 5.74) is 5.89. The topological polar surface area (TPSA) is 81.8 Å². The van der Waals surface area contributed by atoms with E-state index in [9.17, 15) is 9.18 Å². The molecule has 0 aromatic heterocycles. The number of ether oxygens (including phenoxy) is 2. The Morgan fingerprint density at radius 2 is 1.72 bits per heavy atom. The molecule has 0 radical (unpaired) electrons. The van der Waals surface area contributed by atoms with Crippen molar-refractivity contribution < 1.29 is 23.8 Å². The smallest absolute Gasteiger partial charge is 0.325 e. The number of rotatable bonds is 5. The molecular formula is C12H16FNO4. The predicted octanol–water partition coefficient (Wildman–Crippen LogP) is 1.82. The van der Waals surface area contributed by atoms with Gasteiger partial charge < -0.3 is 20.3 Å². The van der Waals surface area contributed by atoms with E-state index in [2.05, 4.69) is 0 Å². The number of hydrogen-bond acceptors (Lipinski definition) is 4. The van der Waals surface area contributed by atoms with Crippen LogP contribution in [-0.2, 0) is 4.79 Å². The van der Waals surface area contributed by atoms with Crippen molar-refractivity contribution >= 4 is 5.97 Å². The zero-order chi connectivity index (χ0) is 13.9. The average molecular weight is 257 g/mol. The normalized spacial score (nSPS) is 13.8. The van der Waals surface area contributed by atoms with Gasteiger partial charge in [0.1, 0.15) is 12.2 Å². The number of aliphatic carboxylic acids is 1. The molecule has 0 saturated heterocycles. The van der Waals surface area contributed by atoms with Crippen molar-refractivity contribution in [2.75, 3.05) is 14.2 Å². The Labute approximate surface area is 104 Å². The molecule has 0 aliphatic carbocycles. The van der Waals surface area contributed by atoms with E-state index in [0.717, 1.165) is 0 Å². The third-order valence-electron chi connectivity index (χ3n) is 2.62. The maximum absolute atomic E-state index is 13.5. The van der Waals surface area contributed by atoms with Crippen LogP contribution in [0.1, 0.15) is 30.3 Å². The Balaban J connectivity index is 3.42. The lowest BCUT2D eigenvalue weighted by Gasteiger charge is -2.17. The van der Waals surface area contributed by atoms with Crippen LogP contribution in [0.2, 0.25) is 0 Å². The third-order valence-corrected chi connectivity index (χ3v) is 2.62. The fourth-order valence-electron chi connectivity index (χ4n) is 1.66. The maximum Gasteiger partial charge on any atom is 0.325 e. The summed E-state index contributed by atoms with van der Waals surface area (Å²) in [6.45, 7) is 1.30. The fraction of sp³-hybridized carbons (Fsp3) is 0.417. The number of halogens is 1. The number of nitrogens with two attached hydrogens (primary N) is 1. The summed E-state index contributed by atoms with van der Waals surface area (Å²) in [5.74, 6) is -0.587. The van der Waals surface area contributed by atoms with Crippen LogP contribution in [0.15, 0.2) is 12.1 Å². The molecular weight excluding hydrogens is 241 g/mol. The molecule has 100 valence electrons. The number of hydrogen-bond donors (Lipinski definition) is 2. The monoisotopic (exact) mass is 257 g/mol. The SMILES string of the molecule is COc1cc(C(C)F)c(C(N)C(=O)O)cc1OC. The minimum atomic E-state index is -1.36. The first-order valence-electron chi connectivity index (χ1n) is 5.30. The molecule has 0 aliphatic heterocycles. The molecule has 0 spiro atoms. The Bertz CT molecular complexity index is 448. The maximum atomic E-state index is 13.5. The van der Waals surface area contributed by atoms with E-state index in [4.69, 9.17) is 20.3 Å². The second-order valence-corrected chi connectivity index (χ2v) is 3.77. The summed E-state index contributed by atoms with van der Waals surface area (Å²) in [6.07, 6.45) is -1.36. The van der Waals surface area contributed by atoms with E-state index < -0.39 is 18.2 Å². The van der Waals surface area contributed by atoms with Gasteiger partial charge in [0.15, 0.2) is 11.5 Å². The Kier molecular flexibility index (Phi) is 4.49. The largest absolute Gasteiger partial charge is 0.493 e. The number of carbonyl (C=O) groups is 1. The molecule has 1 aromatic carbocycles. The van der Waals surface area contributed by atoms with Crippen molar-refractivity contribution in [2.24, 2.45) is 5.73 Å². The minimum absolute atomic E-state index is 0.176. The molecule has 0 bridgehead atoms. The predicted molar refractivity (Wildman–Crippen MR) is 63.6 cm³/mol. The summed E-state index contributed by atoms with van der Waals surface area (Å²) in [7, 11) is 2.83. The van der Waals surface area contributed by atoms with Crippen LogP contribution in [0.3, 0.4) is 0 Å². The minimum Gasteiger partial charge on any atom is -0.493 e. The van der Waals surface area contributed by atoms with Crippen LogP contribution in [0.5, 0.6) is 11.5 Å². The van der Waals surface area contributed by atoms with Gasteiger partial charge in [-0.2, -0.15) is 0 Å². The number of carboxylic acids is 1. The molecule has 1 aromatic rings. The van der Waals surface area contributed by atoms with Gasteiger partial charge in [-0.1, -0.05) is 0 Å². The third kappa shape index (κ3) is 2.70. The molecule has 0 saturated carbocycles. The van der Waals surface area contributed by atoms with Gasteiger partial charge in [0.25, 0.3) is 0 Å². The molecule has 6 heteroatoms. The van der Waals surface area contributed by atoms with Gasteiger partial charge in [0.2, 0.25) is 0 Å². The number of carboxylic acid groups (broad SMARTS) is 1. The summed E-state index contributed by atoms with van der Waals surface area (Å²) in [6, 6.07) is 1.49. The molecule has 0 fully saturated rings. The first kappa shape index (κ1) is 14.2. The number of benzene rings is 1. The van der Waals surface area contributed by atoms with Crippen LogP contribution in [0.25, 0.3) is 0 Å². The zero-order valence-electron chi connectivity index (χ0n) is 10.4. The second-order valence-electron chi connectivity index (χ2n) is 3.77. The Morgan fingerprint density at radius 3 is 2.06 bits per heavy atom. The van der Waals surface area contributed by atoms with Gasteiger partial charge in [0.05, 0.1) is 14.2 Å². The Morgan fingerprint density at radius 1 is 1.28 bits per heavy atom. The fourth-order valence-corrected chi connectivity index (χ4v) is 1.66. The van der Waals surface area contributed by atoms with Crippen molar-refractivity contribution in [3.63, 3.8) is 0 Å². The van der Waals surface area contributed by atoms with Crippen molar-refractivity contribution in [3.8, 4) is 11.5 Å². The molecule has 5 nitrogen and oxygen atoms in total. The molecule has 0 amide bonds. The van der Waals surface area contributed by atoms with Gasteiger partial charge in [-0.15, -0.1) is 0 Å². The first-order chi connectivity index (χ1) is 8.42. The lowest BCUT2D eigenvalue weighted by molar-refractivity contribution is -0.138. The lowest BCUT2D eigenvalue weighted by Crippen LogP contribution is -2.22. The molecule has 0 aliphatic rings. The highest BCUT2D eigenvalue weighted by molar-refractivity contribution is 5.76. The highest BCUT2D eigenvalue weighted by Crippen LogP contribution is 2.36. The molecule has 3 N–H and O–H groups in total. The van der Waals surface area contributed by atoms with Crippen LogP contribution in [0.4, 0.5) is 4.39 Å². The van der Waals surface area contributed by atoms with E-state index in [-0.39, 0.29) is 11.1 Å². The molecule has 18 heavy (non-hydrogen) atoms. The van der Waals surface area contributed by atoms with Gasteiger partial charge in [-0.05, 0) is 30.2 Å².